The van der Waals surface area contributed by atoms with Crippen molar-refractivity contribution in [3.8, 4) is 11.5 Å². The van der Waals surface area contributed by atoms with Gasteiger partial charge in [-0.1, -0.05) is 6.07 Å². The lowest BCUT2D eigenvalue weighted by Crippen LogP contribution is -2.23. The quantitative estimate of drug-likeness (QED) is 0.768. The second-order valence-electron chi connectivity index (χ2n) is 5.19. The first-order valence-corrected chi connectivity index (χ1v) is 8.89. The van der Waals surface area contributed by atoms with Crippen molar-refractivity contribution in [1.29, 1.82) is 0 Å². The number of sulfone groups is 1. The molecule has 2 rings (SSSR count). The summed E-state index contributed by atoms with van der Waals surface area (Å²) >= 11 is 0. The zero-order chi connectivity index (χ0) is 15.3. The number of aryl methyl sites for hydroxylation is 1. The zero-order valence-corrected chi connectivity index (χ0v) is 13.3. The first kappa shape index (κ1) is 16.1. The number of hydrogen-bond acceptors (Lipinski definition) is 5. The van der Waals surface area contributed by atoms with Gasteiger partial charge in [0.2, 0.25) is 0 Å². The minimum absolute atomic E-state index is 0.125. The maximum atomic E-state index is 12.1. The first-order chi connectivity index (χ1) is 10.0. The predicted molar refractivity (Wildman–Crippen MR) is 80.9 cm³/mol. The van der Waals surface area contributed by atoms with Crippen LogP contribution in [0.2, 0.25) is 0 Å². The van der Waals surface area contributed by atoms with E-state index in [1.807, 2.05) is 12.1 Å². The molecule has 0 radical (unpaired) electrons. The molecule has 5 nitrogen and oxygen atoms in total. The van der Waals surface area contributed by atoms with Crippen molar-refractivity contribution in [1.82, 2.24) is 0 Å². The van der Waals surface area contributed by atoms with Crippen LogP contribution in [0.5, 0.6) is 11.5 Å². The normalized spacial score (nSPS) is 18.7. The highest BCUT2D eigenvalue weighted by Gasteiger charge is 2.23. The second kappa shape index (κ2) is 7.13. The summed E-state index contributed by atoms with van der Waals surface area (Å²) in [6.45, 7) is 0.676. The third-order valence-electron chi connectivity index (χ3n) is 3.61. The number of ether oxygens (including phenoxy) is 3. The van der Waals surface area contributed by atoms with E-state index in [1.54, 1.807) is 20.3 Å². The Balaban J connectivity index is 1.95. The molecule has 1 atom stereocenters. The summed E-state index contributed by atoms with van der Waals surface area (Å²) in [5, 5.41) is 0. The van der Waals surface area contributed by atoms with E-state index in [1.165, 1.54) is 0 Å². The maximum absolute atomic E-state index is 12.1. The van der Waals surface area contributed by atoms with Gasteiger partial charge in [-0.2, -0.15) is 0 Å². The molecule has 1 heterocycles. The number of rotatable bonds is 7. The lowest BCUT2D eigenvalue weighted by atomic mass is 10.1. The average Bonchev–Trinajstić information content (AvgIpc) is 2.97. The van der Waals surface area contributed by atoms with Gasteiger partial charge in [-0.15, -0.1) is 0 Å². The van der Waals surface area contributed by atoms with E-state index in [-0.39, 0.29) is 17.6 Å². The largest absolute Gasteiger partial charge is 0.493 e. The Morgan fingerprint density at radius 1 is 1.24 bits per heavy atom. The molecule has 118 valence electrons. The Hall–Kier alpha value is -1.27. The van der Waals surface area contributed by atoms with Crippen LogP contribution in [0.4, 0.5) is 0 Å². The molecule has 1 unspecified atom stereocenters. The molecule has 0 spiro atoms. The van der Waals surface area contributed by atoms with Crippen LogP contribution in [-0.4, -0.2) is 46.9 Å². The molecule has 1 aromatic carbocycles. The Kier molecular flexibility index (Phi) is 5.47. The van der Waals surface area contributed by atoms with Gasteiger partial charge in [-0.05, 0) is 37.0 Å². The molecular formula is C15H22O5S. The van der Waals surface area contributed by atoms with Crippen molar-refractivity contribution >= 4 is 9.84 Å². The van der Waals surface area contributed by atoms with Crippen molar-refractivity contribution in [3.63, 3.8) is 0 Å². The number of hydrogen-bond donors (Lipinski definition) is 0. The van der Waals surface area contributed by atoms with Gasteiger partial charge in [-0.3, -0.25) is 0 Å². The Labute approximate surface area is 126 Å². The van der Waals surface area contributed by atoms with E-state index in [4.69, 9.17) is 14.2 Å². The smallest absolute Gasteiger partial charge is 0.160 e. The molecule has 0 N–H and O–H groups in total. The summed E-state index contributed by atoms with van der Waals surface area (Å²) in [4.78, 5) is 0. The number of methoxy groups -OCH3 is 2. The Morgan fingerprint density at radius 3 is 2.62 bits per heavy atom. The molecule has 1 fully saturated rings. The lowest BCUT2D eigenvalue weighted by molar-refractivity contribution is 0.127. The van der Waals surface area contributed by atoms with Crippen LogP contribution in [0.15, 0.2) is 18.2 Å². The highest BCUT2D eigenvalue weighted by molar-refractivity contribution is 7.91. The molecular weight excluding hydrogens is 292 g/mol. The third kappa shape index (κ3) is 4.61. The van der Waals surface area contributed by atoms with Gasteiger partial charge in [0.05, 0.1) is 31.8 Å². The summed E-state index contributed by atoms with van der Waals surface area (Å²) in [6.07, 6.45) is 2.14. The van der Waals surface area contributed by atoms with Crippen molar-refractivity contribution in [2.75, 3.05) is 32.3 Å². The molecule has 6 heteroatoms. The summed E-state index contributed by atoms with van der Waals surface area (Å²) in [5.41, 5.74) is 0.920. The summed E-state index contributed by atoms with van der Waals surface area (Å²) < 4.78 is 40.0. The van der Waals surface area contributed by atoms with Gasteiger partial charge in [0.1, 0.15) is 0 Å². The van der Waals surface area contributed by atoms with Gasteiger partial charge in [-0.25, -0.2) is 8.42 Å². The van der Waals surface area contributed by atoms with Crippen molar-refractivity contribution < 1.29 is 22.6 Å². The van der Waals surface area contributed by atoms with Gasteiger partial charge in [0.15, 0.2) is 21.3 Å². The lowest BCUT2D eigenvalue weighted by Gasteiger charge is -2.11. The molecule has 0 amide bonds. The second-order valence-corrected chi connectivity index (χ2v) is 7.42. The third-order valence-corrected chi connectivity index (χ3v) is 5.32. The van der Waals surface area contributed by atoms with Gasteiger partial charge >= 0.3 is 0 Å². The molecule has 1 aromatic rings. The minimum atomic E-state index is -3.10. The van der Waals surface area contributed by atoms with Crippen LogP contribution in [0.1, 0.15) is 18.4 Å². The minimum Gasteiger partial charge on any atom is -0.493 e. The van der Waals surface area contributed by atoms with Crippen molar-refractivity contribution in [3.05, 3.63) is 23.8 Å². The molecule has 1 aliphatic heterocycles. The van der Waals surface area contributed by atoms with E-state index in [9.17, 15) is 8.42 Å². The van der Waals surface area contributed by atoms with Crippen LogP contribution in [0.3, 0.4) is 0 Å². The van der Waals surface area contributed by atoms with Crippen LogP contribution < -0.4 is 9.47 Å². The fourth-order valence-electron chi connectivity index (χ4n) is 2.45. The molecule has 0 aliphatic carbocycles. The molecule has 0 bridgehead atoms. The summed E-state index contributed by atoms with van der Waals surface area (Å²) in [7, 11) is 0.0428. The van der Waals surface area contributed by atoms with Crippen molar-refractivity contribution in [2.24, 2.45) is 0 Å². The van der Waals surface area contributed by atoms with Gasteiger partial charge in [0.25, 0.3) is 0 Å². The molecule has 1 aliphatic rings. The topological polar surface area (TPSA) is 61.8 Å². The number of benzene rings is 1. The Bertz CT molecular complexity index is 561. The fourth-order valence-corrected chi connectivity index (χ4v) is 3.99. The zero-order valence-electron chi connectivity index (χ0n) is 12.5. The van der Waals surface area contributed by atoms with E-state index in [0.717, 1.165) is 18.4 Å². The SMILES string of the molecule is COc1ccc(CCS(=O)(=O)CC2CCCO2)cc1OC. The molecule has 0 aromatic heterocycles. The predicted octanol–water partition coefficient (Wildman–Crippen LogP) is 1.84. The standard InChI is InChI=1S/C15H22O5S/c1-18-14-6-5-12(10-15(14)19-2)7-9-21(16,17)11-13-4-3-8-20-13/h5-6,10,13H,3-4,7-9,11H2,1-2H3. The summed E-state index contributed by atoms with van der Waals surface area (Å²) in [5.74, 6) is 1.51. The van der Waals surface area contributed by atoms with Crippen LogP contribution >= 0.6 is 0 Å². The highest BCUT2D eigenvalue weighted by Crippen LogP contribution is 2.27. The molecule has 0 saturated carbocycles. The van der Waals surface area contributed by atoms with Crippen molar-refractivity contribution in [2.45, 2.75) is 25.4 Å². The highest BCUT2D eigenvalue weighted by atomic mass is 32.2. The molecule has 21 heavy (non-hydrogen) atoms. The fraction of sp³-hybridized carbons (Fsp3) is 0.600. The first-order valence-electron chi connectivity index (χ1n) is 7.07. The van der Waals surface area contributed by atoms with Gasteiger partial charge < -0.3 is 14.2 Å². The van der Waals surface area contributed by atoms with E-state index in [2.05, 4.69) is 0 Å². The van der Waals surface area contributed by atoms with E-state index >= 15 is 0 Å². The Morgan fingerprint density at radius 2 is 2.00 bits per heavy atom. The maximum Gasteiger partial charge on any atom is 0.160 e. The van der Waals surface area contributed by atoms with Crippen LogP contribution in [0.25, 0.3) is 0 Å². The van der Waals surface area contributed by atoms with E-state index in [0.29, 0.717) is 24.5 Å². The van der Waals surface area contributed by atoms with Gasteiger partial charge in [0, 0.05) is 6.61 Å². The average molecular weight is 314 g/mol. The van der Waals surface area contributed by atoms with Crippen LogP contribution in [-0.2, 0) is 21.0 Å². The summed E-state index contributed by atoms with van der Waals surface area (Å²) in [6, 6.07) is 5.48. The molecule has 1 saturated heterocycles. The van der Waals surface area contributed by atoms with E-state index < -0.39 is 9.84 Å². The monoisotopic (exact) mass is 314 g/mol. The van der Waals surface area contributed by atoms with Crippen LogP contribution in [0, 0.1) is 0 Å².